The fourth-order valence-electron chi connectivity index (χ4n) is 3.23. The summed E-state index contributed by atoms with van der Waals surface area (Å²) in [5.74, 6) is 1.15. The van der Waals surface area contributed by atoms with Crippen molar-refractivity contribution in [2.75, 3.05) is 0 Å². The van der Waals surface area contributed by atoms with Crippen molar-refractivity contribution in [3.05, 3.63) is 0 Å². The van der Waals surface area contributed by atoms with Crippen molar-refractivity contribution in [1.82, 2.24) is 10.2 Å². The van der Waals surface area contributed by atoms with Gasteiger partial charge in [-0.3, -0.25) is 10.1 Å². The lowest BCUT2D eigenvalue weighted by Gasteiger charge is -2.35. The van der Waals surface area contributed by atoms with Gasteiger partial charge < -0.3 is 4.90 Å². The highest BCUT2D eigenvalue weighted by atomic mass is 16.2. The van der Waals surface area contributed by atoms with Crippen molar-refractivity contribution in [2.45, 2.75) is 91.9 Å². The number of nitrogens with one attached hydrogen (secondary N) is 1. The lowest BCUT2D eigenvalue weighted by Crippen LogP contribution is -2.47. The monoisotopic (exact) mass is 282 g/mol. The summed E-state index contributed by atoms with van der Waals surface area (Å²) in [6.07, 6.45) is 6.05. The summed E-state index contributed by atoms with van der Waals surface area (Å²) in [7, 11) is 0. The van der Waals surface area contributed by atoms with E-state index in [0.717, 1.165) is 19.3 Å². The summed E-state index contributed by atoms with van der Waals surface area (Å²) >= 11 is 0. The number of carbonyl (C=O) groups excluding carboxylic acids is 1. The van der Waals surface area contributed by atoms with Crippen LogP contribution in [0.5, 0.6) is 0 Å². The summed E-state index contributed by atoms with van der Waals surface area (Å²) in [6.45, 7) is 13.1. The zero-order chi connectivity index (χ0) is 15.3. The Morgan fingerprint density at radius 2 is 1.70 bits per heavy atom. The van der Waals surface area contributed by atoms with Crippen molar-refractivity contribution in [2.24, 2.45) is 11.8 Å². The van der Waals surface area contributed by atoms with Gasteiger partial charge in [-0.05, 0) is 24.7 Å². The number of hydrogen-bond donors (Lipinski definition) is 1. The van der Waals surface area contributed by atoms with Crippen molar-refractivity contribution < 1.29 is 4.79 Å². The van der Waals surface area contributed by atoms with E-state index in [9.17, 15) is 4.79 Å². The first-order chi connectivity index (χ1) is 9.43. The number of nitrogens with zero attached hydrogens (tertiary/aromatic N) is 1. The smallest absolute Gasteiger partial charge is 0.241 e. The molecular formula is C17H34N2O. The summed E-state index contributed by atoms with van der Waals surface area (Å²) in [4.78, 5) is 15.0. The van der Waals surface area contributed by atoms with Gasteiger partial charge in [0.25, 0.3) is 0 Å². The molecule has 118 valence electrons. The summed E-state index contributed by atoms with van der Waals surface area (Å²) < 4.78 is 0. The lowest BCUT2D eigenvalue weighted by atomic mass is 10.00. The molecule has 20 heavy (non-hydrogen) atoms. The number of amides is 1. The molecule has 3 heteroatoms. The fourth-order valence-corrected chi connectivity index (χ4v) is 3.23. The zero-order valence-electron chi connectivity index (χ0n) is 14.3. The minimum atomic E-state index is 0.00313. The van der Waals surface area contributed by atoms with Gasteiger partial charge in [-0.25, -0.2) is 0 Å². The van der Waals surface area contributed by atoms with Crippen LogP contribution in [-0.2, 0) is 4.79 Å². The molecule has 1 fully saturated rings. The molecule has 1 amide bonds. The lowest BCUT2D eigenvalue weighted by molar-refractivity contribution is -0.133. The molecule has 0 spiro atoms. The van der Waals surface area contributed by atoms with Crippen LogP contribution in [0.1, 0.15) is 73.6 Å². The van der Waals surface area contributed by atoms with Gasteiger partial charge in [-0.1, -0.05) is 60.8 Å². The molecule has 3 atom stereocenters. The van der Waals surface area contributed by atoms with Crippen LogP contribution in [-0.4, -0.2) is 29.1 Å². The molecule has 1 aliphatic rings. The topological polar surface area (TPSA) is 32.3 Å². The van der Waals surface area contributed by atoms with E-state index in [-0.39, 0.29) is 12.2 Å². The highest BCUT2D eigenvalue weighted by Crippen LogP contribution is 2.27. The third kappa shape index (κ3) is 3.97. The molecule has 3 unspecified atom stereocenters. The van der Waals surface area contributed by atoms with E-state index in [4.69, 9.17) is 0 Å². The van der Waals surface area contributed by atoms with E-state index in [1.54, 1.807) is 0 Å². The molecular weight excluding hydrogens is 248 g/mol. The molecule has 1 saturated heterocycles. The molecule has 0 bridgehead atoms. The van der Waals surface area contributed by atoms with E-state index in [0.29, 0.717) is 23.8 Å². The predicted octanol–water partition coefficient (Wildman–Crippen LogP) is 3.78. The highest BCUT2D eigenvalue weighted by molar-refractivity contribution is 5.85. The third-order valence-corrected chi connectivity index (χ3v) is 4.37. The van der Waals surface area contributed by atoms with Gasteiger partial charge >= 0.3 is 0 Å². The Labute approximate surface area is 125 Å². The van der Waals surface area contributed by atoms with Crippen molar-refractivity contribution in [3.8, 4) is 0 Å². The van der Waals surface area contributed by atoms with E-state index < -0.39 is 0 Å². The normalized spacial score (nSPS) is 25.0. The Balaban J connectivity index is 2.91. The van der Waals surface area contributed by atoms with E-state index in [1.807, 2.05) is 0 Å². The Morgan fingerprint density at radius 3 is 2.15 bits per heavy atom. The van der Waals surface area contributed by atoms with Gasteiger partial charge in [0.15, 0.2) is 0 Å². The van der Waals surface area contributed by atoms with Crippen LogP contribution in [0.25, 0.3) is 0 Å². The van der Waals surface area contributed by atoms with Crippen LogP contribution >= 0.6 is 0 Å². The van der Waals surface area contributed by atoms with E-state index >= 15 is 0 Å². The minimum absolute atomic E-state index is 0.00313. The molecule has 1 N–H and O–H groups in total. The molecule has 1 aliphatic heterocycles. The Bertz CT molecular complexity index is 301. The van der Waals surface area contributed by atoms with Crippen LogP contribution in [0.2, 0.25) is 0 Å². The van der Waals surface area contributed by atoms with Gasteiger partial charge in [0.05, 0.1) is 12.2 Å². The standard InChI is InChI=1S/C17H34N2O/c1-7-9-11-14(10-8-2)19-16(13(5)6)18-15(12(3)4)17(19)20/h12-16,18H,7-11H2,1-6H3. The second-order valence-corrected chi connectivity index (χ2v) is 6.91. The SMILES string of the molecule is CCCCC(CCC)N1C(=O)C(C(C)C)NC1C(C)C. The molecule has 3 nitrogen and oxygen atoms in total. The molecule has 0 radical (unpaired) electrons. The maximum atomic E-state index is 12.8. The van der Waals surface area contributed by atoms with Crippen molar-refractivity contribution in [3.63, 3.8) is 0 Å². The first kappa shape index (κ1) is 17.5. The molecule has 0 aliphatic carbocycles. The Morgan fingerprint density at radius 1 is 1.05 bits per heavy atom. The van der Waals surface area contributed by atoms with Crippen molar-refractivity contribution in [1.29, 1.82) is 0 Å². The van der Waals surface area contributed by atoms with Crippen molar-refractivity contribution >= 4 is 5.91 Å². The largest absolute Gasteiger partial charge is 0.323 e. The molecule has 1 heterocycles. The number of unbranched alkanes of at least 4 members (excludes halogenated alkanes) is 1. The van der Waals surface area contributed by atoms with Crippen LogP contribution in [0.15, 0.2) is 0 Å². The average Bonchev–Trinajstić information content (AvgIpc) is 2.72. The maximum absolute atomic E-state index is 12.8. The first-order valence-electron chi connectivity index (χ1n) is 8.52. The fraction of sp³-hybridized carbons (Fsp3) is 0.941. The summed E-state index contributed by atoms with van der Waals surface area (Å²) in [5, 5.41) is 3.58. The first-order valence-corrected chi connectivity index (χ1v) is 8.52. The molecule has 0 aromatic heterocycles. The summed E-state index contributed by atoms with van der Waals surface area (Å²) in [5.41, 5.74) is 0. The third-order valence-electron chi connectivity index (χ3n) is 4.37. The van der Waals surface area contributed by atoms with E-state index in [2.05, 4.69) is 51.8 Å². The predicted molar refractivity (Wildman–Crippen MR) is 85.5 cm³/mol. The van der Waals surface area contributed by atoms with Crippen LogP contribution in [0.3, 0.4) is 0 Å². The number of rotatable bonds is 8. The molecule has 1 rings (SSSR count). The molecule has 0 saturated carbocycles. The van der Waals surface area contributed by atoms with Gasteiger partial charge in [0.1, 0.15) is 0 Å². The Kier molecular flexibility index (Phi) is 7.01. The quantitative estimate of drug-likeness (QED) is 0.734. The number of hydrogen-bond acceptors (Lipinski definition) is 2. The molecule has 0 aromatic carbocycles. The van der Waals surface area contributed by atoms with Crippen LogP contribution in [0, 0.1) is 11.8 Å². The van der Waals surface area contributed by atoms with Crippen LogP contribution < -0.4 is 5.32 Å². The highest BCUT2D eigenvalue weighted by Gasteiger charge is 2.44. The average molecular weight is 282 g/mol. The maximum Gasteiger partial charge on any atom is 0.241 e. The minimum Gasteiger partial charge on any atom is -0.323 e. The van der Waals surface area contributed by atoms with Gasteiger partial charge in [0.2, 0.25) is 5.91 Å². The van der Waals surface area contributed by atoms with Crippen LogP contribution in [0.4, 0.5) is 0 Å². The van der Waals surface area contributed by atoms with E-state index in [1.165, 1.54) is 12.8 Å². The second-order valence-electron chi connectivity index (χ2n) is 6.91. The number of carbonyl (C=O) groups is 1. The van der Waals surface area contributed by atoms with Gasteiger partial charge in [-0.15, -0.1) is 0 Å². The second kappa shape index (κ2) is 8.02. The van der Waals surface area contributed by atoms with Gasteiger partial charge in [-0.2, -0.15) is 0 Å². The summed E-state index contributed by atoms with van der Waals surface area (Å²) in [6, 6.07) is 0.416. The zero-order valence-corrected chi connectivity index (χ0v) is 14.3. The molecule has 0 aromatic rings. The Hall–Kier alpha value is -0.570. The van der Waals surface area contributed by atoms with Gasteiger partial charge in [0, 0.05) is 6.04 Å².